The number of thiocarbonyl (C=S) groups is 1. The van der Waals surface area contributed by atoms with E-state index in [0.717, 1.165) is 23.2 Å². The molecule has 2 saturated carbocycles. The van der Waals surface area contributed by atoms with Gasteiger partial charge in [-0.05, 0) is 43.2 Å². The molecule has 17 heavy (non-hydrogen) atoms. The van der Waals surface area contributed by atoms with Gasteiger partial charge in [-0.25, -0.2) is 4.98 Å². The molecule has 4 heteroatoms. The van der Waals surface area contributed by atoms with Crippen LogP contribution in [0.1, 0.15) is 31.2 Å². The van der Waals surface area contributed by atoms with Gasteiger partial charge < -0.3 is 11.1 Å². The lowest BCUT2D eigenvalue weighted by Crippen LogP contribution is -2.28. The quantitative estimate of drug-likeness (QED) is 0.805. The van der Waals surface area contributed by atoms with E-state index in [1.165, 1.54) is 25.7 Å². The van der Waals surface area contributed by atoms with Crippen LogP contribution in [-0.4, -0.2) is 16.0 Å². The first kappa shape index (κ1) is 11.0. The molecule has 3 rings (SSSR count). The summed E-state index contributed by atoms with van der Waals surface area (Å²) in [6.45, 7) is 0. The van der Waals surface area contributed by atoms with Crippen molar-refractivity contribution in [2.45, 2.75) is 31.7 Å². The van der Waals surface area contributed by atoms with Crippen molar-refractivity contribution >= 4 is 23.0 Å². The first-order chi connectivity index (χ1) is 8.24. The molecule has 90 valence electrons. The van der Waals surface area contributed by atoms with Crippen LogP contribution in [0, 0.1) is 11.8 Å². The van der Waals surface area contributed by atoms with E-state index in [-0.39, 0.29) is 0 Å². The molecule has 3 atom stereocenters. The fourth-order valence-electron chi connectivity index (χ4n) is 3.32. The molecule has 2 bridgehead atoms. The van der Waals surface area contributed by atoms with Crippen LogP contribution in [0.2, 0.25) is 0 Å². The monoisotopic (exact) mass is 247 g/mol. The highest BCUT2D eigenvalue weighted by Crippen LogP contribution is 2.45. The zero-order chi connectivity index (χ0) is 11.8. The van der Waals surface area contributed by atoms with Crippen LogP contribution < -0.4 is 11.1 Å². The summed E-state index contributed by atoms with van der Waals surface area (Å²) in [5.41, 5.74) is 6.58. The predicted molar refractivity (Wildman–Crippen MR) is 73.0 cm³/mol. The van der Waals surface area contributed by atoms with Gasteiger partial charge in [-0.1, -0.05) is 18.6 Å². The fraction of sp³-hybridized carbons (Fsp3) is 0.538. The molecule has 0 aromatic carbocycles. The second-order valence-electron chi connectivity index (χ2n) is 5.19. The van der Waals surface area contributed by atoms with E-state index in [1.54, 1.807) is 6.20 Å². The van der Waals surface area contributed by atoms with Gasteiger partial charge in [0, 0.05) is 12.2 Å². The van der Waals surface area contributed by atoms with Crippen LogP contribution in [0.25, 0.3) is 0 Å². The summed E-state index contributed by atoms with van der Waals surface area (Å²) in [5.74, 6) is 2.60. The normalized spacial score (nSPS) is 30.5. The first-order valence-corrected chi connectivity index (χ1v) is 6.66. The Balaban J connectivity index is 1.79. The number of rotatable bonds is 3. The minimum absolute atomic E-state index is 0.420. The summed E-state index contributed by atoms with van der Waals surface area (Å²) in [6.07, 6.45) is 7.22. The molecule has 0 saturated heterocycles. The second-order valence-corrected chi connectivity index (χ2v) is 5.63. The molecule has 2 aliphatic carbocycles. The number of fused-ring (bicyclic) bond motifs is 2. The Hall–Kier alpha value is -1.16. The standard InChI is InChI=1S/C13H17N3S/c14-12(17)10-2-1-5-15-13(10)16-11-7-8-3-4-9(11)6-8/h1-2,5,8-9,11H,3-4,6-7H2,(H2,14,17)(H,15,16). The predicted octanol–water partition coefficient (Wildman–Crippen LogP) is 2.32. The van der Waals surface area contributed by atoms with Crippen molar-refractivity contribution < 1.29 is 0 Å². The molecule has 0 spiro atoms. The number of nitrogens with one attached hydrogen (secondary N) is 1. The van der Waals surface area contributed by atoms with Gasteiger partial charge in [0.15, 0.2) is 0 Å². The number of pyridine rings is 1. The molecular weight excluding hydrogens is 230 g/mol. The molecule has 3 nitrogen and oxygen atoms in total. The molecule has 3 N–H and O–H groups in total. The smallest absolute Gasteiger partial charge is 0.136 e. The third-order valence-electron chi connectivity index (χ3n) is 4.13. The average Bonchev–Trinajstić information content (AvgIpc) is 2.91. The SMILES string of the molecule is NC(=S)c1cccnc1NC1CC2CCC1C2. The van der Waals surface area contributed by atoms with Gasteiger partial charge >= 0.3 is 0 Å². The molecule has 0 amide bonds. The number of hydrogen-bond acceptors (Lipinski definition) is 3. The lowest BCUT2D eigenvalue weighted by Gasteiger charge is -2.24. The van der Waals surface area contributed by atoms with E-state index >= 15 is 0 Å². The van der Waals surface area contributed by atoms with Crippen molar-refractivity contribution in [2.24, 2.45) is 17.6 Å². The van der Waals surface area contributed by atoms with Gasteiger partial charge in [-0.15, -0.1) is 0 Å². The zero-order valence-corrected chi connectivity index (χ0v) is 10.5. The van der Waals surface area contributed by atoms with Crippen LogP contribution in [-0.2, 0) is 0 Å². The Kier molecular flexibility index (Phi) is 2.74. The molecular formula is C13H17N3S. The molecule has 2 aliphatic rings. The van der Waals surface area contributed by atoms with E-state index in [1.807, 2.05) is 12.1 Å². The summed E-state index contributed by atoms with van der Waals surface area (Å²) < 4.78 is 0. The second kappa shape index (κ2) is 4.26. The fourth-order valence-corrected chi connectivity index (χ4v) is 3.48. The van der Waals surface area contributed by atoms with E-state index in [0.29, 0.717) is 11.0 Å². The Bertz CT molecular complexity index is 446. The lowest BCUT2D eigenvalue weighted by molar-refractivity contribution is 0.439. The molecule has 1 aromatic heterocycles. The number of nitrogens with two attached hydrogens (primary N) is 1. The summed E-state index contributed by atoms with van der Waals surface area (Å²) in [6, 6.07) is 4.38. The minimum Gasteiger partial charge on any atom is -0.389 e. The van der Waals surface area contributed by atoms with E-state index in [9.17, 15) is 0 Å². The number of nitrogens with zero attached hydrogens (tertiary/aromatic N) is 1. The maximum Gasteiger partial charge on any atom is 0.136 e. The Morgan fingerprint density at radius 3 is 2.94 bits per heavy atom. The van der Waals surface area contributed by atoms with Gasteiger partial charge in [-0.3, -0.25) is 0 Å². The van der Waals surface area contributed by atoms with Crippen LogP contribution in [0.3, 0.4) is 0 Å². The summed E-state index contributed by atoms with van der Waals surface area (Å²) >= 11 is 5.05. The van der Waals surface area contributed by atoms with Crippen molar-refractivity contribution in [1.82, 2.24) is 4.98 Å². The third kappa shape index (κ3) is 2.02. The van der Waals surface area contributed by atoms with E-state index < -0.39 is 0 Å². The van der Waals surface area contributed by atoms with Crippen molar-refractivity contribution in [3.8, 4) is 0 Å². The number of anilines is 1. The van der Waals surface area contributed by atoms with E-state index in [4.69, 9.17) is 18.0 Å². The van der Waals surface area contributed by atoms with Crippen LogP contribution in [0.15, 0.2) is 18.3 Å². The Morgan fingerprint density at radius 2 is 2.29 bits per heavy atom. The number of hydrogen-bond donors (Lipinski definition) is 2. The van der Waals surface area contributed by atoms with Crippen LogP contribution >= 0.6 is 12.2 Å². The molecule has 0 aliphatic heterocycles. The van der Waals surface area contributed by atoms with Crippen molar-refractivity contribution in [3.63, 3.8) is 0 Å². The van der Waals surface area contributed by atoms with Crippen molar-refractivity contribution in [3.05, 3.63) is 23.9 Å². The summed E-state index contributed by atoms with van der Waals surface area (Å²) in [5, 5.41) is 3.54. The van der Waals surface area contributed by atoms with E-state index in [2.05, 4.69) is 10.3 Å². The largest absolute Gasteiger partial charge is 0.389 e. The van der Waals surface area contributed by atoms with Gasteiger partial charge in [-0.2, -0.15) is 0 Å². The molecule has 1 heterocycles. The highest BCUT2D eigenvalue weighted by Gasteiger charge is 2.39. The van der Waals surface area contributed by atoms with Crippen LogP contribution in [0.5, 0.6) is 0 Å². The Labute approximate surface area is 107 Å². The Morgan fingerprint density at radius 1 is 1.41 bits per heavy atom. The maximum absolute atomic E-state index is 5.72. The van der Waals surface area contributed by atoms with Crippen LogP contribution in [0.4, 0.5) is 5.82 Å². The lowest BCUT2D eigenvalue weighted by atomic mass is 9.95. The molecule has 0 radical (unpaired) electrons. The topological polar surface area (TPSA) is 50.9 Å². The molecule has 2 fully saturated rings. The number of aromatic nitrogens is 1. The third-order valence-corrected chi connectivity index (χ3v) is 4.35. The van der Waals surface area contributed by atoms with Gasteiger partial charge in [0.1, 0.15) is 10.8 Å². The van der Waals surface area contributed by atoms with Gasteiger partial charge in [0.2, 0.25) is 0 Å². The molecule has 1 aromatic rings. The first-order valence-electron chi connectivity index (χ1n) is 6.25. The minimum atomic E-state index is 0.420. The van der Waals surface area contributed by atoms with Crippen molar-refractivity contribution in [2.75, 3.05) is 5.32 Å². The average molecular weight is 247 g/mol. The van der Waals surface area contributed by atoms with Gasteiger partial charge in [0.05, 0.1) is 5.56 Å². The van der Waals surface area contributed by atoms with Gasteiger partial charge in [0.25, 0.3) is 0 Å². The summed E-state index contributed by atoms with van der Waals surface area (Å²) in [7, 11) is 0. The highest BCUT2D eigenvalue weighted by atomic mass is 32.1. The molecule has 3 unspecified atom stereocenters. The summed E-state index contributed by atoms with van der Waals surface area (Å²) in [4.78, 5) is 4.79. The zero-order valence-electron chi connectivity index (χ0n) is 9.73. The maximum atomic E-state index is 5.72. The van der Waals surface area contributed by atoms with Crippen molar-refractivity contribution in [1.29, 1.82) is 0 Å². The highest BCUT2D eigenvalue weighted by molar-refractivity contribution is 7.80.